The fraction of sp³-hybridized carbons (Fsp3) is 0.414. The van der Waals surface area contributed by atoms with Crippen molar-refractivity contribution >= 4 is 22.7 Å². The molecular formula is C29H33N7O2. The second kappa shape index (κ2) is 10.5. The lowest BCUT2D eigenvalue weighted by Crippen LogP contribution is -2.29. The van der Waals surface area contributed by atoms with Crippen LogP contribution in [-0.4, -0.2) is 56.4 Å². The summed E-state index contributed by atoms with van der Waals surface area (Å²) >= 11 is 0. The van der Waals surface area contributed by atoms with Crippen molar-refractivity contribution < 1.29 is 4.74 Å². The van der Waals surface area contributed by atoms with Crippen molar-refractivity contribution in [2.24, 2.45) is 0 Å². The molecule has 9 heteroatoms. The molecule has 6 rings (SSSR count). The summed E-state index contributed by atoms with van der Waals surface area (Å²) < 4.78 is 7.34. The SMILES string of the molecule is CCOc1cc2cnc(Nc3ccc(C4CCN(C)CC4)cc3)nc2n(Cc2cnncc2C2CC2)c1=O. The zero-order valence-corrected chi connectivity index (χ0v) is 21.9. The molecule has 0 radical (unpaired) electrons. The maximum absolute atomic E-state index is 13.5. The van der Waals surface area contributed by atoms with Gasteiger partial charge in [-0.3, -0.25) is 9.36 Å². The lowest BCUT2D eigenvalue weighted by molar-refractivity contribution is 0.255. The number of pyridine rings is 1. The van der Waals surface area contributed by atoms with Crippen molar-refractivity contribution in [3.05, 3.63) is 76.0 Å². The van der Waals surface area contributed by atoms with Gasteiger partial charge in [-0.2, -0.15) is 15.2 Å². The van der Waals surface area contributed by atoms with E-state index in [-0.39, 0.29) is 5.56 Å². The summed E-state index contributed by atoms with van der Waals surface area (Å²) in [5, 5.41) is 12.2. The Morgan fingerprint density at radius 2 is 1.76 bits per heavy atom. The van der Waals surface area contributed by atoms with Gasteiger partial charge in [-0.15, -0.1) is 0 Å². The van der Waals surface area contributed by atoms with E-state index in [4.69, 9.17) is 9.72 Å². The molecule has 0 amide bonds. The van der Waals surface area contributed by atoms with Gasteiger partial charge < -0.3 is 15.0 Å². The van der Waals surface area contributed by atoms with Crippen LogP contribution in [0.15, 0.2) is 53.7 Å². The molecule has 2 fully saturated rings. The van der Waals surface area contributed by atoms with Gasteiger partial charge in [0.1, 0.15) is 5.65 Å². The molecule has 4 heterocycles. The van der Waals surface area contributed by atoms with E-state index in [2.05, 4.69) is 56.7 Å². The van der Waals surface area contributed by atoms with Crippen molar-refractivity contribution in [3.63, 3.8) is 0 Å². The molecular weight excluding hydrogens is 478 g/mol. The minimum absolute atomic E-state index is 0.218. The van der Waals surface area contributed by atoms with Crippen LogP contribution in [0.25, 0.3) is 11.0 Å². The molecule has 1 aliphatic carbocycles. The Hall–Kier alpha value is -3.85. The van der Waals surface area contributed by atoms with Gasteiger partial charge in [0.25, 0.3) is 5.56 Å². The van der Waals surface area contributed by atoms with E-state index >= 15 is 0 Å². The lowest BCUT2D eigenvalue weighted by Gasteiger charge is -2.29. The molecule has 9 nitrogen and oxygen atoms in total. The number of hydrogen-bond acceptors (Lipinski definition) is 8. The highest BCUT2D eigenvalue weighted by atomic mass is 16.5. The third-order valence-electron chi connectivity index (χ3n) is 7.64. The monoisotopic (exact) mass is 511 g/mol. The normalized spacial score (nSPS) is 16.6. The van der Waals surface area contributed by atoms with E-state index in [9.17, 15) is 4.79 Å². The van der Waals surface area contributed by atoms with E-state index in [1.54, 1.807) is 23.0 Å². The molecule has 38 heavy (non-hydrogen) atoms. The van der Waals surface area contributed by atoms with Crippen LogP contribution in [-0.2, 0) is 6.54 Å². The quantitative estimate of drug-likeness (QED) is 0.370. The van der Waals surface area contributed by atoms with Crippen molar-refractivity contribution in [3.8, 4) is 5.75 Å². The molecule has 0 bridgehead atoms. The number of nitrogens with one attached hydrogen (secondary N) is 1. The Kier molecular flexibility index (Phi) is 6.76. The van der Waals surface area contributed by atoms with Crippen molar-refractivity contribution in [2.45, 2.75) is 51.0 Å². The van der Waals surface area contributed by atoms with Gasteiger partial charge in [-0.25, -0.2) is 4.98 Å². The number of piperidine rings is 1. The standard InChI is InChI=1S/C29H33N7O2/c1-3-38-26-14-22-15-30-29(33-24-8-6-19(7-9-24)20-10-12-35(2)13-11-20)34-27(22)36(28(26)37)18-23-16-31-32-17-25(23)21-4-5-21/h6-9,14-17,20-21H,3-5,10-13,18H2,1-2H3,(H,30,33,34). The van der Waals surface area contributed by atoms with Gasteiger partial charge in [0.2, 0.25) is 5.95 Å². The number of rotatable bonds is 8. The Morgan fingerprint density at radius 3 is 2.50 bits per heavy atom. The molecule has 4 aromatic rings. The van der Waals surface area contributed by atoms with Gasteiger partial charge in [-0.1, -0.05) is 12.1 Å². The van der Waals surface area contributed by atoms with Crippen LogP contribution >= 0.6 is 0 Å². The fourth-order valence-corrected chi connectivity index (χ4v) is 5.33. The van der Waals surface area contributed by atoms with Gasteiger partial charge in [0.15, 0.2) is 5.75 Å². The highest BCUT2D eigenvalue weighted by Gasteiger charge is 2.27. The second-order valence-electron chi connectivity index (χ2n) is 10.4. The zero-order chi connectivity index (χ0) is 26.1. The first kappa shape index (κ1) is 24.5. The van der Waals surface area contributed by atoms with Crippen molar-refractivity contribution in [1.82, 2.24) is 29.6 Å². The van der Waals surface area contributed by atoms with Crippen LogP contribution in [0, 0.1) is 0 Å². The van der Waals surface area contributed by atoms with Gasteiger partial charge >= 0.3 is 0 Å². The Bertz CT molecular complexity index is 1490. The number of likely N-dealkylation sites (tertiary alicyclic amines) is 1. The first-order valence-corrected chi connectivity index (χ1v) is 13.5. The number of anilines is 2. The summed E-state index contributed by atoms with van der Waals surface area (Å²) in [5.41, 5.74) is 4.76. The van der Waals surface area contributed by atoms with Crippen LogP contribution in [0.2, 0.25) is 0 Å². The zero-order valence-electron chi connectivity index (χ0n) is 21.9. The summed E-state index contributed by atoms with van der Waals surface area (Å²) in [6.45, 7) is 4.89. The van der Waals surface area contributed by atoms with E-state index in [1.807, 2.05) is 13.1 Å². The van der Waals surface area contributed by atoms with E-state index in [1.165, 1.54) is 18.4 Å². The summed E-state index contributed by atoms with van der Waals surface area (Å²) in [6.07, 6.45) is 9.97. The van der Waals surface area contributed by atoms with Crippen molar-refractivity contribution in [1.29, 1.82) is 0 Å². The summed E-state index contributed by atoms with van der Waals surface area (Å²) in [4.78, 5) is 25.2. The Morgan fingerprint density at radius 1 is 1.00 bits per heavy atom. The number of aromatic nitrogens is 5. The maximum Gasteiger partial charge on any atom is 0.294 e. The minimum Gasteiger partial charge on any atom is -0.488 e. The van der Waals surface area contributed by atoms with Gasteiger partial charge in [0, 0.05) is 17.3 Å². The summed E-state index contributed by atoms with van der Waals surface area (Å²) in [6, 6.07) is 10.3. The third-order valence-corrected chi connectivity index (χ3v) is 7.64. The average Bonchev–Trinajstić information content (AvgIpc) is 3.78. The number of nitrogens with zero attached hydrogens (tertiary/aromatic N) is 6. The number of fused-ring (bicyclic) bond motifs is 1. The van der Waals surface area contributed by atoms with Crippen LogP contribution in [0.5, 0.6) is 5.75 Å². The molecule has 0 spiro atoms. The summed E-state index contributed by atoms with van der Waals surface area (Å²) in [7, 11) is 2.18. The molecule has 1 saturated heterocycles. The van der Waals surface area contributed by atoms with Crippen LogP contribution in [0.3, 0.4) is 0 Å². The molecule has 3 aromatic heterocycles. The summed E-state index contributed by atoms with van der Waals surface area (Å²) in [5.74, 6) is 1.83. The minimum atomic E-state index is -0.218. The van der Waals surface area contributed by atoms with E-state index in [0.717, 1.165) is 48.1 Å². The topological polar surface area (TPSA) is 98.1 Å². The van der Waals surface area contributed by atoms with Crippen LogP contribution < -0.4 is 15.6 Å². The number of benzene rings is 1. The molecule has 1 aromatic carbocycles. The third kappa shape index (κ3) is 5.11. The largest absolute Gasteiger partial charge is 0.488 e. The van der Waals surface area contributed by atoms with Crippen LogP contribution in [0.1, 0.15) is 61.1 Å². The smallest absolute Gasteiger partial charge is 0.294 e. The fourth-order valence-electron chi connectivity index (χ4n) is 5.33. The number of hydrogen-bond donors (Lipinski definition) is 1. The predicted octanol–water partition coefficient (Wildman–Crippen LogP) is 4.46. The van der Waals surface area contributed by atoms with Crippen LogP contribution in [0.4, 0.5) is 11.6 Å². The Balaban J connectivity index is 1.31. The van der Waals surface area contributed by atoms with Gasteiger partial charge in [0.05, 0.1) is 25.5 Å². The predicted molar refractivity (Wildman–Crippen MR) is 147 cm³/mol. The van der Waals surface area contributed by atoms with E-state index < -0.39 is 0 Å². The molecule has 1 N–H and O–H groups in total. The molecule has 0 atom stereocenters. The second-order valence-corrected chi connectivity index (χ2v) is 10.4. The lowest BCUT2D eigenvalue weighted by atomic mass is 9.89. The highest BCUT2D eigenvalue weighted by Crippen LogP contribution is 2.41. The first-order valence-electron chi connectivity index (χ1n) is 13.5. The molecule has 1 saturated carbocycles. The Labute approximate surface area is 221 Å². The first-order chi connectivity index (χ1) is 18.6. The molecule has 196 valence electrons. The maximum atomic E-state index is 13.5. The van der Waals surface area contributed by atoms with Gasteiger partial charge in [-0.05, 0) is 99.5 Å². The number of ether oxygens (including phenoxy) is 1. The van der Waals surface area contributed by atoms with Crippen molar-refractivity contribution in [2.75, 3.05) is 32.1 Å². The highest BCUT2D eigenvalue weighted by molar-refractivity contribution is 5.77. The molecule has 0 unspecified atom stereocenters. The molecule has 2 aliphatic rings. The average molecular weight is 512 g/mol. The molecule has 1 aliphatic heterocycles. The van der Waals surface area contributed by atoms with E-state index in [0.29, 0.717) is 42.3 Å².